The number of carbonyl (C=O) groups excluding carboxylic acids is 5. The Bertz CT molecular complexity index is 1800. The second-order valence-electron chi connectivity index (χ2n) is 20.6. The van der Waals surface area contributed by atoms with E-state index in [4.69, 9.17) is 0 Å². The molecule has 2 spiro atoms. The summed E-state index contributed by atoms with van der Waals surface area (Å²) in [5, 5.41) is 9.30. The molecule has 7 atom stereocenters. The van der Waals surface area contributed by atoms with E-state index >= 15 is 4.79 Å². The normalized spacial score (nSPS) is 31.6. The highest BCUT2D eigenvalue weighted by Gasteiger charge is 2.85. The smallest absolute Gasteiger partial charge is 0.303 e. The molecule has 59 heavy (non-hydrogen) atoms. The predicted molar refractivity (Wildman–Crippen MR) is 227 cm³/mol. The van der Waals surface area contributed by atoms with Gasteiger partial charge in [0.1, 0.15) is 23.7 Å². The summed E-state index contributed by atoms with van der Waals surface area (Å²) in [6.45, 7) is 23.7. The number of amides is 5. The largest absolute Gasteiger partial charge is 0.342 e. The quantitative estimate of drug-likeness (QED) is 0.179. The number of hydrogen-bond acceptors (Lipinski definition) is 8. The average Bonchev–Trinajstić information content (AvgIpc) is 3.67. The Morgan fingerprint density at radius 2 is 1.49 bits per heavy atom. The highest BCUT2D eigenvalue weighted by molar-refractivity contribution is 7.87. The summed E-state index contributed by atoms with van der Waals surface area (Å²) in [7, 11) is -4.17. The third-order valence-electron chi connectivity index (χ3n) is 16.4. The van der Waals surface area contributed by atoms with E-state index in [9.17, 15) is 27.6 Å². The van der Waals surface area contributed by atoms with Gasteiger partial charge in [-0.05, 0) is 86.1 Å². The summed E-state index contributed by atoms with van der Waals surface area (Å²) in [5.41, 5.74) is -3.35. The summed E-state index contributed by atoms with van der Waals surface area (Å²) in [6.07, 6.45) is 11.3. The molecule has 2 saturated heterocycles. The number of rotatable bonds is 15. The minimum absolute atomic E-state index is 0.0261. The minimum atomic E-state index is -4.17. The Morgan fingerprint density at radius 1 is 0.847 bits per heavy atom. The van der Waals surface area contributed by atoms with Gasteiger partial charge in [0.25, 0.3) is 5.91 Å². The Kier molecular flexibility index (Phi) is 12.3. The van der Waals surface area contributed by atoms with E-state index in [1.807, 2.05) is 27.7 Å². The number of likely N-dealkylation sites (tertiary alicyclic amines) is 2. The number of carbonyl (C=O) groups is 5. The van der Waals surface area contributed by atoms with Gasteiger partial charge >= 0.3 is 10.2 Å². The molecule has 5 amide bonds. The molecule has 2 aliphatic heterocycles. The van der Waals surface area contributed by atoms with Gasteiger partial charge in [-0.1, -0.05) is 94.1 Å². The zero-order valence-electron chi connectivity index (χ0n) is 37.3. The molecule has 6 rings (SSSR count). The molecule has 3 unspecified atom stereocenters. The lowest BCUT2D eigenvalue weighted by Gasteiger charge is -2.42. The third kappa shape index (κ3) is 7.54. The first-order valence-corrected chi connectivity index (χ1v) is 23.9. The summed E-state index contributed by atoms with van der Waals surface area (Å²) < 4.78 is 29.6. The maximum Gasteiger partial charge on any atom is 0.303 e. The lowest BCUT2D eigenvalue weighted by Crippen LogP contribution is -2.64. The zero-order chi connectivity index (χ0) is 43.6. The van der Waals surface area contributed by atoms with Crippen molar-refractivity contribution in [2.24, 2.45) is 33.0 Å². The fraction of sp³-hybridized carbons (Fsp3) is 0.841. The van der Waals surface area contributed by atoms with Crippen molar-refractivity contribution in [3.05, 3.63) is 12.7 Å². The first-order chi connectivity index (χ1) is 27.5. The van der Waals surface area contributed by atoms with Crippen LogP contribution in [0, 0.1) is 33.0 Å². The van der Waals surface area contributed by atoms with Crippen molar-refractivity contribution in [3.8, 4) is 0 Å². The van der Waals surface area contributed by atoms with Crippen LogP contribution in [-0.4, -0.2) is 114 Å². The van der Waals surface area contributed by atoms with Crippen molar-refractivity contribution in [2.75, 3.05) is 32.7 Å². The maximum absolute atomic E-state index is 15.3. The molecule has 4 aliphatic carbocycles. The van der Waals surface area contributed by atoms with Crippen molar-refractivity contribution < 1.29 is 32.4 Å². The number of hydrogen-bond donors (Lipinski definition) is 4. The number of likely N-dealkylation sites (N-methyl/N-ethyl adjacent to an activating group) is 1. The molecule has 0 radical (unpaired) electrons. The lowest BCUT2D eigenvalue weighted by molar-refractivity contribution is -0.146. The number of nitrogens with zero attached hydrogens (tertiary/aromatic N) is 3. The molecule has 2 heterocycles. The van der Waals surface area contributed by atoms with Crippen LogP contribution in [0.2, 0.25) is 0 Å². The van der Waals surface area contributed by atoms with Crippen LogP contribution >= 0.6 is 0 Å². The highest BCUT2D eigenvalue weighted by Crippen LogP contribution is 2.88. The Balaban J connectivity index is 1.30. The van der Waals surface area contributed by atoms with Crippen LogP contribution in [0.15, 0.2) is 12.7 Å². The van der Waals surface area contributed by atoms with Crippen LogP contribution in [0.3, 0.4) is 0 Å². The molecular formula is C44H73N7O7S. The molecule has 6 aliphatic rings. The summed E-state index contributed by atoms with van der Waals surface area (Å²) >= 11 is 0. The minimum Gasteiger partial charge on any atom is -0.342 e. The fourth-order valence-electron chi connectivity index (χ4n) is 12.2. The van der Waals surface area contributed by atoms with E-state index in [0.717, 1.165) is 81.6 Å². The van der Waals surface area contributed by atoms with Crippen molar-refractivity contribution in [1.82, 2.24) is 34.8 Å². The molecule has 4 saturated carbocycles. The molecule has 0 bridgehead atoms. The number of fused-ring (bicyclic) bond motifs is 1. The average molecular weight is 844 g/mol. The Hall–Kier alpha value is -3.04. The van der Waals surface area contributed by atoms with Crippen LogP contribution in [-0.2, 0) is 34.2 Å². The predicted octanol–water partition coefficient (Wildman–Crippen LogP) is 4.02. The molecule has 0 aromatic heterocycles. The number of nitrogens with one attached hydrogen (secondary N) is 4. The van der Waals surface area contributed by atoms with Gasteiger partial charge in [-0.25, -0.2) is 4.72 Å². The van der Waals surface area contributed by atoms with Crippen LogP contribution < -0.4 is 20.7 Å². The van der Waals surface area contributed by atoms with E-state index in [2.05, 4.69) is 52.9 Å². The molecule has 15 heteroatoms. The first kappa shape index (κ1) is 45.5. The summed E-state index contributed by atoms with van der Waals surface area (Å²) in [4.78, 5) is 76.4. The van der Waals surface area contributed by atoms with Gasteiger partial charge in [0.15, 0.2) is 0 Å². The van der Waals surface area contributed by atoms with Gasteiger partial charge in [-0.15, -0.1) is 6.58 Å². The van der Waals surface area contributed by atoms with Gasteiger partial charge in [-0.3, -0.25) is 28.9 Å². The van der Waals surface area contributed by atoms with E-state index in [0.29, 0.717) is 13.0 Å². The molecule has 0 aromatic rings. The fourth-order valence-corrected chi connectivity index (χ4v) is 13.4. The van der Waals surface area contributed by atoms with Gasteiger partial charge in [-0.2, -0.15) is 12.7 Å². The van der Waals surface area contributed by atoms with E-state index in [1.54, 1.807) is 24.8 Å². The monoisotopic (exact) mass is 844 g/mol. The van der Waals surface area contributed by atoms with Crippen LogP contribution in [0.4, 0.5) is 0 Å². The standard InChI is InChI=1S/C44H73N7O7S/c1-11-29-26-44(29,38(56)48-59(57,58)50(13-3)14-4)47-35(53)31-27-43(40(8,9)42(43)23-19-24-42)28-51(31)37(55)33(39(5,6)7)46-36(54)32(41(10)21-16-15-17-22-41)45-34(52)30-20-18-25-49(30)12-2/h11,29-33H,1,12-28H2,2-10H3,(H,45,52)(H,46,54)(H,47,53)(H,48,56)/t29-,30+,31?,32?,33-,43?,44-/m1/s1. The van der Waals surface area contributed by atoms with Crippen molar-refractivity contribution in [2.45, 2.75) is 169 Å². The summed E-state index contributed by atoms with van der Waals surface area (Å²) in [6, 6.07) is -3.16. The van der Waals surface area contributed by atoms with E-state index in [1.165, 1.54) is 0 Å². The van der Waals surface area contributed by atoms with E-state index in [-0.39, 0.29) is 53.6 Å². The molecule has 4 N–H and O–H groups in total. The Morgan fingerprint density at radius 3 is 2.00 bits per heavy atom. The second-order valence-corrected chi connectivity index (χ2v) is 22.3. The topological polar surface area (TPSA) is 177 Å². The Labute approximate surface area is 353 Å². The molecule has 14 nitrogen and oxygen atoms in total. The van der Waals surface area contributed by atoms with Gasteiger partial charge in [0.05, 0.1) is 6.04 Å². The summed E-state index contributed by atoms with van der Waals surface area (Å²) in [5.74, 6) is -2.80. The van der Waals surface area contributed by atoms with Crippen molar-refractivity contribution in [1.29, 1.82) is 0 Å². The zero-order valence-corrected chi connectivity index (χ0v) is 38.1. The maximum atomic E-state index is 15.3. The van der Waals surface area contributed by atoms with Crippen molar-refractivity contribution >= 4 is 39.7 Å². The first-order valence-electron chi connectivity index (χ1n) is 22.5. The SMILES string of the molecule is C=C[C@@H]1C[C@]1(NC(=O)C1CC2(CN1C(=O)[C@@H](NC(=O)C(NC(=O)[C@@H]1CCCN1CC)C1(C)CCCCC1)C(C)(C)C)C(C)(C)C21CCC1)C(=O)NS(=O)(=O)N(CC)CC. The molecular weight excluding hydrogens is 771 g/mol. The van der Waals surface area contributed by atoms with Gasteiger partial charge in [0, 0.05) is 31.0 Å². The van der Waals surface area contributed by atoms with Gasteiger partial charge in [0.2, 0.25) is 23.6 Å². The second kappa shape index (κ2) is 16.0. The van der Waals surface area contributed by atoms with E-state index < -0.39 is 68.3 Å². The van der Waals surface area contributed by atoms with Crippen LogP contribution in [0.5, 0.6) is 0 Å². The lowest BCUT2D eigenvalue weighted by atomic mass is 9.70. The molecule has 0 aromatic carbocycles. The third-order valence-corrected chi connectivity index (χ3v) is 18.1. The van der Waals surface area contributed by atoms with Crippen LogP contribution in [0.1, 0.15) is 139 Å². The molecule has 332 valence electrons. The highest BCUT2D eigenvalue weighted by atomic mass is 32.2. The van der Waals surface area contributed by atoms with Crippen LogP contribution in [0.25, 0.3) is 0 Å². The van der Waals surface area contributed by atoms with Gasteiger partial charge < -0.3 is 20.9 Å². The molecule has 6 fully saturated rings. The van der Waals surface area contributed by atoms with Crippen molar-refractivity contribution in [3.63, 3.8) is 0 Å².